The highest BCUT2D eigenvalue weighted by Gasteiger charge is 2.50. The minimum Gasteiger partial charge on any atom is -0.426 e. The summed E-state index contributed by atoms with van der Waals surface area (Å²) in [6, 6.07) is 3.32. The maximum atomic E-state index is 6.96. The van der Waals surface area contributed by atoms with Crippen molar-refractivity contribution in [1.82, 2.24) is 0 Å². The Labute approximate surface area is 171 Å². The molecule has 152 valence electrons. The van der Waals surface area contributed by atoms with Gasteiger partial charge in [-0.2, -0.15) is 0 Å². The van der Waals surface area contributed by atoms with Crippen LogP contribution in [0.5, 0.6) is 0 Å². The van der Waals surface area contributed by atoms with E-state index >= 15 is 0 Å². The van der Waals surface area contributed by atoms with E-state index < -0.39 is 33.8 Å². The van der Waals surface area contributed by atoms with Crippen LogP contribution in [0.15, 0.2) is 73.7 Å². The van der Waals surface area contributed by atoms with Gasteiger partial charge in [-0.05, 0) is 24.2 Å². The molecular formula is C20H38O3Si4. The summed E-state index contributed by atoms with van der Waals surface area (Å²) in [5.74, 6) is 0. The fourth-order valence-electron chi connectivity index (χ4n) is 2.85. The van der Waals surface area contributed by atoms with Crippen LogP contribution in [0.2, 0.25) is 24.2 Å². The van der Waals surface area contributed by atoms with E-state index in [1.807, 2.05) is 34.2 Å². The minimum atomic E-state index is -2.55. The molecule has 0 unspecified atom stereocenters. The molecule has 0 heterocycles. The van der Waals surface area contributed by atoms with E-state index in [1.165, 1.54) is 0 Å². The Hall–Kier alpha value is -0.812. The molecule has 0 aliphatic heterocycles. The van der Waals surface area contributed by atoms with Crippen LogP contribution < -0.4 is 0 Å². The van der Waals surface area contributed by atoms with E-state index in [0.717, 1.165) is 24.2 Å². The van der Waals surface area contributed by atoms with E-state index in [-0.39, 0.29) is 0 Å². The normalized spacial score (nSPS) is 12.9. The lowest BCUT2D eigenvalue weighted by atomic mass is 10.9. The number of rotatable bonds is 16. The lowest BCUT2D eigenvalue weighted by Crippen LogP contribution is -2.61. The van der Waals surface area contributed by atoms with Gasteiger partial charge in [-0.3, -0.25) is 0 Å². The Bertz CT molecular complexity index is 460. The lowest BCUT2D eigenvalue weighted by Gasteiger charge is -2.45. The maximum absolute atomic E-state index is 6.96. The van der Waals surface area contributed by atoms with Crippen molar-refractivity contribution in [2.45, 2.75) is 51.9 Å². The fourth-order valence-corrected chi connectivity index (χ4v) is 20.4. The molecule has 0 saturated heterocycles. The average molecular weight is 439 g/mol. The molecule has 0 atom stereocenters. The van der Waals surface area contributed by atoms with Crippen molar-refractivity contribution in [2.75, 3.05) is 0 Å². The summed E-state index contributed by atoms with van der Waals surface area (Å²) in [4.78, 5) is 0. The molecule has 0 aromatic heterocycles. The smallest absolute Gasteiger partial charge is 0.319 e. The Kier molecular flexibility index (Phi) is 10.9. The maximum Gasteiger partial charge on any atom is 0.319 e. The van der Waals surface area contributed by atoms with Crippen LogP contribution in [-0.4, -0.2) is 33.8 Å². The van der Waals surface area contributed by atoms with Gasteiger partial charge < -0.3 is 12.3 Å². The molecule has 7 heteroatoms. The van der Waals surface area contributed by atoms with Gasteiger partial charge in [0.05, 0.1) is 0 Å². The predicted molar refractivity (Wildman–Crippen MR) is 129 cm³/mol. The first kappa shape index (κ1) is 26.2. The van der Waals surface area contributed by atoms with Crippen molar-refractivity contribution in [3.05, 3.63) is 73.7 Å². The third kappa shape index (κ3) is 6.08. The van der Waals surface area contributed by atoms with Crippen molar-refractivity contribution < 1.29 is 12.3 Å². The number of hydrogen-bond acceptors (Lipinski definition) is 3. The monoisotopic (exact) mass is 438 g/mol. The summed E-state index contributed by atoms with van der Waals surface area (Å²) in [7, 11) is -10.0. The Morgan fingerprint density at radius 1 is 0.481 bits per heavy atom. The molecule has 27 heavy (non-hydrogen) atoms. The SMILES string of the molecule is C=C[Si](C=C)(C=C)O[Si](CC)(CC)O[Si](CC)(CC)O[Si](C=C)(C=C)C=C. The van der Waals surface area contributed by atoms with Crippen molar-refractivity contribution in [3.63, 3.8) is 0 Å². The van der Waals surface area contributed by atoms with Crippen LogP contribution in [0, 0.1) is 0 Å². The third-order valence-electron chi connectivity index (χ3n) is 5.17. The van der Waals surface area contributed by atoms with Crippen LogP contribution in [0.3, 0.4) is 0 Å². The summed E-state index contributed by atoms with van der Waals surface area (Å²) in [6.45, 7) is 32.4. The van der Waals surface area contributed by atoms with Crippen molar-refractivity contribution in [1.29, 1.82) is 0 Å². The first-order valence-electron chi connectivity index (χ1n) is 9.65. The second-order valence-corrected chi connectivity index (χ2v) is 21.3. The molecule has 0 amide bonds. The van der Waals surface area contributed by atoms with E-state index in [2.05, 4.69) is 67.2 Å². The third-order valence-corrected chi connectivity index (χ3v) is 22.1. The first-order valence-corrected chi connectivity index (χ1v) is 18.4. The fraction of sp³-hybridized carbons (Fsp3) is 0.400. The van der Waals surface area contributed by atoms with Crippen LogP contribution in [-0.2, 0) is 12.3 Å². The van der Waals surface area contributed by atoms with Gasteiger partial charge >= 0.3 is 17.1 Å². The standard InChI is InChI=1S/C20H38O3Si4/c1-11-24(12-2,13-3)21-26(17-7,18-8)23-27(19-9,20-10)22-25(14-4,15-5)16-6/h11-16H,1-6,17-20H2,7-10H3. The summed E-state index contributed by atoms with van der Waals surface area (Å²) in [5, 5.41) is 0. The molecule has 0 saturated carbocycles. The quantitative estimate of drug-likeness (QED) is 0.267. The average Bonchev–Trinajstić information content (AvgIpc) is 2.74. The molecule has 0 aliphatic carbocycles. The van der Waals surface area contributed by atoms with Crippen LogP contribution in [0.4, 0.5) is 0 Å². The number of hydrogen-bond donors (Lipinski definition) is 0. The molecule has 0 aliphatic rings. The van der Waals surface area contributed by atoms with Gasteiger partial charge in [0, 0.05) is 0 Å². The zero-order valence-electron chi connectivity index (χ0n) is 17.8. The van der Waals surface area contributed by atoms with Crippen molar-refractivity contribution >= 4 is 33.8 Å². The van der Waals surface area contributed by atoms with Crippen molar-refractivity contribution in [2.24, 2.45) is 0 Å². The van der Waals surface area contributed by atoms with E-state index in [4.69, 9.17) is 12.3 Å². The van der Waals surface area contributed by atoms with Crippen LogP contribution in [0.1, 0.15) is 27.7 Å². The first-order chi connectivity index (χ1) is 12.7. The van der Waals surface area contributed by atoms with Crippen molar-refractivity contribution in [3.8, 4) is 0 Å². The van der Waals surface area contributed by atoms with Gasteiger partial charge in [-0.1, -0.05) is 61.9 Å². The zero-order valence-corrected chi connectivity index (χ0v) is 21.8. The highest BCUT2D eigenvalue weighted by atomic mass is 28.5. The summed E-state index contributed by atoms with van der Waals surface area (Å²) >= 11 is 0. The second kappa shape index (κ2) is 11.3. The molecule has 0 spiro atoms. The molecule has 0 radical (unpaired) electrons. The van der Waals surface area contributed by atoms with Gasteiger partial charge in [0.15, 0.2) is 0 Å². The van der Waals surface area contributed by atoms with Gasteiger partial charge in [0.2, 0.25) is 0 Å². The lowest BCUT2D eigenvalue weighted by molar-refractivity contribution is 0.313. The molecule has 0 aromatic rings. The van der Waals surface area contributed by atoms with Gasteiger partial charge in [-0.25, -0.2) is 0 Å². The molecule has 0 N–H and O–H groups in total. The Balaban J connectivity index is 6.14. The van der Waals surface area contributed by atoms with Gasteiger partial charge in [-0.15, -0.1) is 39.5 Å². The Morgan fingerprint density at radius 3 is 0.852 bits per heavy atom. The van der Waals surface area contributed by atoms with Crippen LogP contribution in [0.25, 0.3) is 0 Å². The topological polar surface area (TPSA) is 27.7 Å². The summed E-state index contributed by atoms with van der Waals surface area (Å²) in [6.07, 6.45) is 0. The zero-order chi connectivity index (χ0) is 21.2. The molecule has 3 nitrogen and oxygen atoms in total. The molecule has 0 aromatic carbocycles. The second-order valence-electron chi connectivity index (χ2n) is 6.47. The minimum absolute atomic E-state index is 0.830. The van der Waals surface area contributed by atoms with Gasteiger partial charge in [0.25, 0.3) is 16.6 Å². The molecular weight excluding hydrogens is 401 g/mol. The molecule has 0 fully saturated rings. The van der Waals surface area contributed by atoms with Gasteiger partial charge in [0.1, 0.15) is 0 Å². The Morgan fingerprint density at radius 2 is 0.704 bits per heavy atom. The molecule has 0 rings (SSSR count). The van der Waals surface area contributed by atoms with E-state index in [0.29, 0.717) is 0 Å². The molecule has 0 bridgehead atoms. The van der Waals surface area contributed by atoms with E-state index in [1.54, 1.807) is 0 Å². The predicted octanol–water partition coefficient (Wildman–Crippen LogP) is 6.24. The van der Waals surface area contributed by atoms with Crippen LogP contribution >= 0.6 is 0 Å². The largest absolute Gasteiger partial charge is 0.426 e. The highest BCUT2D eigenvalue weighted by Crippen LogP contribution is 2.34. The van der Waals surface area contributed by atoms with E-state index in [9.17, 15) is 0 Å². The summed E-state index contributed by atoms with van der Waals surface area (Å²) < 4.78 is 20.4. The highest BCUT2D eigenvalue weighted by molar-refractivity contribution is 6.98. The summed E-state index contributed by atoms with van der Waals surface area (Å²) in [5.41, 5.74) is 11.2.